The molecule has 0 aliphatic rings. The Kier molecular flexibility index (Phi) is 5.62. The Morgan fingerprint density at radius 1 is 1.35 bits per heavy atom. The summed E-state index contributed by atoms with van der Waals surface area (Å²) in [6.07, 6.45) is 3.08. The molecular weight excluding hydrogens is 296 g/mol. The van der Waals surface area contributed by atoms with Gasteiger partial charge in [0.1, 0.15) is 6.04 Å². The highest BCUT2D eigenvalue weighted by atomic mass is 16.6. The van der Waals surface area contributed by atoms with Gasteiger partial charge in [-0.15, -0.1) is 0 Å². The number of aromatic amines is 1. The van der Waals surface area contributed by atoms with Crippen molar-refractivity contribution in [2.24, 2.45) is 0 Å². The first kappa shape index (κ1) is 16.9. The molecule has 0 unspecified atom stereocenters. The molecule has 2 rings (SSSR count). The molecule has 0 fully saturated rings. The molecule has 1 amide bonds. The van der Waals surface area contributed by atoms with Crippen LogP contribution in [0.4, 0.5) is 4.79 Å². The predicted molar refractivity (Wildman–Crippen MR) is 87.4 cm³/mol. The predicted octanol–water partition coefficient (Wildman–Crippen LogP) is 3.03. The van der Waals surface area contributed by atoms with Gasteiger partial charge in [-0.1, -0.05) is 31.5 Å². The van der Waals surface area contributed by atoms with Crippen molar-refractivity contribution in [1.29, 1.82) is 0 Å². The van der Waals surface area contributed by atoms with Crippen molar-refractivity contribution in [2.75, 3.05) is 13.7 Å². The van der Waals surface area contributed by atoms with E-state index in [1.165, 1.54) is 7.05 Å². The fourth-order valence-electron chi connectivity index (χ4n) is 2.43. The van der Waals surface area contributed by atoms with E-state index in [1.54, 1.807) is 6.20 Å². The lowest BCUT2D eigenvalue weighted by Crippen LogP contribution is -2.44. The normalized spacial score (nSPS) is 12.1. The highest BCUT2D eigenvalue weighted by Crippen LogP contribution is 2.20. The van der Waals surface area contributed by atoms with Crippen molar-refractivity contribution in [3.63, 3.8) is 0 Å². The summed E-state index contributed by atoms with van der Waals surface area (Å²) in [6.45, 7) is 2.30. The van der Waals surface area contributed by atoms with Crippen molar-refractivity contribution >= 4 is 23.0 Å². The Hall–Kier alpha value is -2.50. The number of carbonyl (C=O) groups is 2. The van der Waals surface area contributed by atoms with Gasteiger partial charge in [0, 0.05) is 30.6 Å². The van der Waals surface area contributed by atoms with Crippen LogP contribution in [0.2, 0.25) is 0 Å². The van der Waals surface area contributed by atoms with E-state index in [0.717, 1.165) is 34.2 Å². The van der Waals surface area contributed by atoms with Crippen LogP contribution in [0.15, 0.2) is 30.5 Å². The largest absolute Gasteiger partial charge is 0.480 e. The standard InChI is InChI=1S/C17H22N2O4/c1-3-4-9-23-17(22)19(2)15(16(20)21)10-12-11-18-14-8-6-5-7-13(12)14/h5-8,11,15,18H,3-4,9-10H2,1-2H3,(H,20,21)/t15-/m1/s1. The maximum Gasteiger partial charge on any atom is 0.410 e. The Balaban J connectivity index is 2.12. The van der Waals surface area contributed by atoms with Gasteiger partial charge in [-0.05, 0) is 18.1 Å². The van der Waals surface area contributed by atoms with Gasteiger partial charge in [0.2, 0.25) is 0 Å². The zero-order chi connectivity index (χ0) is 16.8. The van der Waals surface area contributed by atoms with Crippen LogP contribution in [0.5, 0.6) is 0 Å². The van der Waals surface area contributed by atoms with Gasteiger partial charge in [-0.2, -0.15) is 0 Å². The topological polar surface area (TPSA) is 82.6 Å². The third-order valence-corrected chi connectivity index (χ3v) is 3.85. The molecule has 0 spiro atoms. The number of hydrogen-bond acceptors (Lipinski definition) is 3. The minimum Gasteiger partial charge on any atom is -0.480 e. The van der Waals surface area contributed by atoms with E-state index < -0.39 is 18.1 Å². The lowest BCUT2D eigenvalue weighted by atomic mass is 10.0. The number of ether oxygens (including phenoxy) is 1. The number of likely N-dealkylation sites (N-methyl/N-ethyl adjacent to an activating group) is 1. The molecule has 1 aromatic heterocycles. The molecule has 2 aromatic rings. The minimum atomic E-state index is -1.05. The maximum absolute atomic E-state index is 12.0. The molecule has 1 aromatic carbocycles. The van der Waals surface area contributed by atoms with E-state index in [2.05, 4.69) is 4.98 Å². The number of fused-ring (bicyclic) bond motifs is 1. The monoisotopic (exact) mass is 318 g/mol. The van der Waals surface area contributed by atoms with Gasteiger partial charge in [-0.3, -0.25) is 4.90 Å². The molecule has 0 radical (unpaired) electrons. The highest BCUT2D eigenvalue weighted by Gasteiger charge is 2.28. The lowest BCUT2D eigenvalue weighted by molar-refractivity contribution is -0.142. The molecule has 0 aliphatic heterocycles. The fourth-order valence-corrected chi connectivity index (χ4v) is 2.43. The maximum atomic E-state index is 12.0. The molecule has 0 saturated carbocycles. The van der Waals surface area contributed by atoms with Gasteiger partial charge in [0.25, 0.3) is 0 Å². The van der Waals surface area contributed by atoms with Crippen molar-refractivity contribution in [1.82, 2.24) is 9.88 Å². The second-order valence-electron chi connectivity index (χ2n) is 5.50. The van der Waals surface area contributed by atoms with Gasteiger partial charge in [-0.25, -0.2) is 9.59 Å². The number of amides is 1. The quantitative estimate of drug-likeness (QED) is 0.769. The van der Waals surface area contributed by atoms with E-state index in [-0.39, 0.29) is 6.42 Å². The number of carbonyl (C=O) groups excluding carboxylic acids is 1. The number of unbranched alkanes of at least 4 members (excludes halogenated alkanes) is 1. The first-order valence-corrected chi connectivity index (χ1v) is 7.72. The van der Waals surface area contributed by atoms with Crippen LogP contribution in [-0.4, -0.2) is 46.7 Å². The van der Waals surface area contributed by atoms with Crippen LogP contribution >= 0.6 is 0 Å². The second kappa shape index (κ2) is 7.67. The first-order chi connectivity index (χ1) is 11.0. The molecule has 0 saturated heterocycles. The number of aliphatic carboxylic acids is 1. The second-order valence-corrected chi connectivity index (χ2v) is 5.50. The smallest absolute Gasteiger partial charge is 0.410 e. The van der Waals surface area contributed by atoms with Crippen molar-refractivity contribution in [3.05, 3.63) is 36.0 Å². The summed E-state index contributed by atoms with van der Waals surface area (Å²) >= 11 is 0. The van der Waals surface area contributed by atoms with E-state index >= 15 is 0 Å². The van der Waals surface area contributed by atoms with Gasteiger partial charge in [0.05, 0.1) is 6.61 Å². The fraction of sp³-hybridized carbons (Fsp3) is 0.412. The summed E-state index contributed by atoms with van der Waals surface area (Å²) in [5.41, 5.74) is 1.81. The molecule has 23 heavy (non-hydrogen) atoms. The molecular formula is C17H22N2O4. The summed E-state index contributed by atoms with van der Waals surface area (Å²) in [5, 5.41) is 10.4. The highest BCUT2D eigenvalue weighted by molar-refractivity contribution is 5.85. The summed E-state index contributed by atoms with van der Waals surface area (Å²) in [4.78, 5) is 27.8. The zero-order valence-corrected chi connectivity index (χ0v) is 13.4. The number of nitrogens with one attached hydrogen (secondary N) is 1. The first-order valence-electron chi connectivity index (χ1n) is 7.72. The van der Waals surface area contributed by atoms with Gasteiger partial charge >= 0.3 is 12.1 Å². The molecule has 6 heteroatoms. The van der Waals surface area contributed by atoms with Crippen LogP contribution < -0.4 is 0 Å². The molecule has 1 heterocycles. The number of carboxylic acids is 1. The Morgan fingerprint density at radius 3 is 2.78 bits per heavy atom. The Labute approximate surface area is 135 Å². The van der Waals surface area contributed by atoms with E-state index in [0.29, 0.717) is 6.61 Å². The third kappa shape index (κ3) is 4.03. The van der Waals surface area contributed by atoms with Crippen LogP contribution in [0.3, 0.4) is 0 Å². The van der Waals surface area contributed by atoms with E-state index in [9.17, 15) is 14.7 Å². The molecule has 124 valence electrons. The molecule has 6 nitrogen and oxygen atoms in total. The number of nitrogens with zero attached hydrogens (tertiary/aromatic N) is 1. The summed E-state index contributed by atoms with van der Waals surface area (Å²) in [5.74, 6) is -1.05. The van der Waals surface area contributed by atoms with Crippen molar-refractivity contribution < 1.29 is 19.4 Å². The third-order valence-electron chi connectivity index (χ3n) is 3.85. The van der Waals surface area contributed by atoms with E-state index in [4.69, 9.17) is 4.74 Å². The Bertz CT molecular complexity index is 680. The van der Waals surface area contributed by atoms with Crippen LogP contribution in [0.25, 0.3) is 10.9 Å². The number of rotatable bonds is 7. The lowest BCUT2D eigenvalue weighted by Gasteiger charge is -2.24. The number of para-hydroxylation sites is 1. The summed E-state index contributed by atoms with van der Waals surface area (Å²) < 4.78 is 5.10. The van der Waals surface area contributed by atoms with Gasteiger partial charge in [0.15, 0.2) is 0 Å². The number of hydrogen-bond donors (Lipinski definition) is 2. The van der Waals surface area contributed by atoms with Crippen LogP contribution in [0, 0.1) is 0 Å². The van der Waals surface area contributed by atoms with Crippen LogP contribution in [0.1, 0.15) is 25.3 Å². The molecule has 0 aliphatic carbocycles. The van der Waals surface area contributed by atoms with Crippen molar-refractivity contribution in [3.8, 4) is 0 Å². The van der Waals surface area contributed by atoms with E-state index in [1.807, 2.05) is 31.2 Å². The zero-order valence-electron chi connectivity index (χ0n) is 13.4. The SMILES string of the molecule is CCCCOC(=O)N(C)[C@H](Cc1c[nH]c2ccccc12)C(=O)O. The summed E-state index contributed by atoms with van der Waals surface area (Å²) in [7, 11) is 1.46. The summed E-state index contributed by atoms with van der Waals surface area (Å²) in [6, 6.07) is 6.70. The molecule has 2 N–H and O–H groups in total. The number of H-pyrrole nitrogens is 1. The van der Waals surface area contributed by atoms with Crippen LogP contribution in [-0.2, 0) is 16.0 Å². The number of aromatic nitrogens is 1. The molecule has 0 bridgehead atoms. The van der Waals surface area contributed by atoms with Gasteiger partial charge < -0.3 is 14.8 Å². The Morgan fingerprint density at radius 2 is 2.09 bits per heavy atom. The molecule has 1 atom stereocenters. The average molecular weight is 318 g/mol. The van der Waals surface area contributed by atoms with Crippen molar-refractivity contribution in [2.45, 2.75) is 32.2 Å². The number of benzene rings is 1. The average Bonchev–Trinajstić information content (AvgIpc) is 2.95. The minimum absolute atomic E-state index is 0.221. The number of carboxylic acid groups (broad SMARTS) is 1.